The summed E-state index contributed by atoms with van der Waals surface area (Å²) in [6.45, 7) is 7.16. The van der Waals surface area contributed by atoms with Crippen LogP contribution in [0.1, 0.15) is 65.7 Å². The maximum absolute atomic E-state index is 10.1. The average molecular weight is 281 g/mol. The molecule has 2 N–H and O–H groups in total. The Balaban J connectivity index is 2.20. The van der Waals surface area contributed by atoms with E-state index in [9.17, 15) is 5.11 Å². The Morgan fingerprint density at radius 1 is 1.20 bits per heavy atom. The highest BCUT2D eigenvalue weighted by atomic mass is 16.3. The zero-order chi connectivity index (χ0) is 14.8. The molecule has 1 aliphatic heterocycles. The fraction of sp³-hybridized carbons (Fsp3) is 0.765. The zero-order valence-corrected chi connectivity index (χ0v) is 13.5. The van der Waals surface area contributed by atoms with Crippen LogP contribution in [0.15, 0.2) is 24.6 Å². The minimum absolute atomic E-state index is 0.338. The molecule has 0 saturated heterocycles. The van der Waals surface area contributed by atoms with Gasteiger partial charge in [0.2, 0.25) is 0 Å². The van der Waals surface area contributed by atoms with E-state index in [4.69, 9.17) is 0 Å². The van der Waals surface area contributed by atoms with Gasteiger partial charge in [0, 0.05) is 13.3 Å². The summed E-state index contributed by atoms with van der Waals surface area (Å²) in [4.78, 5) is 0. The molecule has 1 aliphatic rings. The SMILES string of the molecule is CC/C=C/CCCCCCC1NC=C[N+]1(CC)C(C)O. The number of unbranched alkanes of at least 4 members (excludes halogenated alkanes) is 4. The maximum Gasteiger partial charge on any atom is 0.193 e. The first kappa shape index (κ1) is 17.3. The molecular weight excluding hydrogens is 248 g/mol. The molecule has 0 saturated carbocycles. The highest BCUT2D eigenvalue weighted by molar-refractivity contribution is 4.84. The molecule has 0 fully saturated rings. The Hall–Kier alpha value is -0.800. The van der Waals surface area contributed by atoms with Gasteiger partial charge in [0.25, 0.3) is 0 Å². The summed E-state index contributed by atoms with van der Waals surface area (Å²) in [5.74, 6) is 0. The van der Waals surface area contributed by atoms with Gasteiger partial charge in [-0.05, 0) is 32.6 Å². The molecule has 0 spiro atoms. The Labute approximate surface area is 125 Å². The second-order valence-electron chi connectivity index (χ2n) is 5.81. The van der Waals surface area contributed by atoms with Crippen LogP contribution in [0.5, 0.6) is 0 Å². The first-order valence-corrected chi connectivity index (χ1v) is 8.31. The van der Waals surface area contributed by atoms with Crippen molar-refractivity contribution in [1.82, 2.24) is 5.32 Å². The van der Waals surface area contributed by atoms with E-state index in [0.717, 1.165) is 19.4 Å². The summed E-state index contributed by atoms with van der Waals surface area (Å²) in [7, 11) is 0. The molecule has 3 unspecified atom stereocenters. The van der Waals surface area contributed by atoms with Crippen LogP contribution in [0, 0.1) is 0 Å². The molecule has 0 aromatic rings. The van der Waals surface area contributed by atoms with Crippen molar-refractivity contribution in [2.75, 3.05) is 6.54 Å². The second-order valence-corrected chi connectivity index (χ2v) is 5.81. The third kappa shape index (κ3) is 4.64. The molecule has 0 amide bonds. The number of quaternary nitrogens is 1. The number of hydrogen-bond acceptors (Lipinski definition) is 2. The molecule has 20 heavy (non-hydrogen) atoms. The normalized spacial score (nSPS) is 27.1. The summed E-state index contributed by atoms with van der Waals surface area (Å²) in [5.41, 5.74) is 0. The van der Waals surface area contributed by atoms with Gasteiger partial charge in [-0.3, -0.25) is 4.48 Å². The molecule has 3 nitrogen and oxygen atoms in total. The number of hydrogen-bond donors (Lipinski definition) is 2. The lowest BCUT2D eigenvalue weighted by Crippen LogP contribution is -2.57. The predicted molar refractivity (Wildman–Crippen MR) is 85.7 cm³/mol. The van der Waals surface area contributed by atoms with Gasteiger partial charge in [-0.1, -0.05) is 31.9 Å². The number of nitrogens with one attached hydrogen (secondary N) is 1. The van der Waals surface area contributed by atoms with Crippen LogP contribution in [0.2, 0.25) is 0 Å². The third-order valence-electron chi connectivity index (χ3n) is 4.47. The van der Waals surface area contributed by atoms with Crippen LogP contribution >= 0.6 is 0 Å². The number of nitrogens with zero attached hydrogens (tertiary/aromatic N) is 1. The monoisotopic (exact) mass is 281 g/mol. The van der Waals surface area contributed by atoms with Crippen molar-refractivity contribution >= 4 is 0 Å². The van der Waals surface area contributed by atoms with Crippen LogP contribution in [0.4, 0.5) is 0 Å². The molecule has 0 radical (unpaired) electrons. The number of allylic oxidation sites excluding steroid dienone is 2. The van der Waals surface area contributed by atoms with Crippen molar-refractivity contribution < 1.29 is 9.59 Å². The van der Waals surface area contributed by atoms with Crippen molar-refractivity contribution in [3.05, 3.63) is 24.6 Å². The van der Waals surface area contributed by atoms with Crippen LogP contribution in [0.25, 0.3) is 0 Å². The summed E-state index contributed by atoms with van der Waals surface area (Å²) >= 11 is 0. The second kappa shape index (κ2) is 9.19. The van der Waals surface area contributed by atoms with Crippen molar-refractivity contribution in [1.29, 1.82) is 0 Å². The molecule has 116 valence electrons. The lowest BCUT2D eigenvalue weighted by atomic mass is 10.1. The molecule has 0 aromatic carbocycles. The van der Waals surface area contributed by atoms with Gasteiger partial charge in [-0.25, -0.2) is 0 Å². The van der Waals surface area contributed by atoms with Gasteiger partial charge in [0.15, 0.2) is 12.4 Å². The minimum Gasteiger partial charge on any atom is -0.345 e. The Morgan fingerprint density at radius 3 is 2.60 bits per heavy atom. The Kier molecular flexibility index (Phi) is 7.93. The van der Waals surface area contributed by atoms with E-state index in [-0.39, 0.29) is 6.23 Å². The fourth-order valence-corrected chi connectivity index (χ4v) is 3.07. The van der Waals surface area contributed by atoms with Gasteiger partial charge in [-0.2, -0.15) is 0 Å². The van der Waals surface area contributed by atoms with Gasteiger partial charge in [0.1, 0.15) is 6.20 Å². The van der Waals surface area contributed by atoms with Crippen LogP contribution in [-0.4, -0.2) is 28.5 Å². The topological polar surface area (TPSA) is 32.3 Å². The lowest BCUT2D eigenvalue weighted by molar-refractivity contribution is -0.942. The van der Waals surface area contributed by atoms with E-state index in [2.05, 4.69) is 37.5 Å². The van der Waals surface area contributed by atoms with E-state index in [1.165, 1.54) is 32.1 Å². The van der Waals surface area contributed by atoms with Crippen LogP contribution in [0.3, 0.4) is 0 Å². The van der Waals surface area contributed by atoms with Crippen molar-refractivity contribution in [3.63, 3.8) is 0 Å². The lowest BCUT2D eigenvalue weighted by Gasteiger charge is -2.39. The van der Waals surface area contributed by atoms with Crippen molar-refractivity contribution in [3.8, 4) is 0 Å². The van der Waals surface area contributed by atoms with Gasteiger partial charge < -0.3 is 10.4 Å². The summed E-state index contributed by atoms with van der Waals surface area (Å²) in [5, 5.41) is 13.5. The molecule has 0 bridgehead atoms. The Bertz CT molecular complexity index is 312. The van der Waals surface area contributed by atoms with Crippen LogP contribution < -0.4 is 5.32 Å². The summed E-state index contributed by atoms with van der Waals surface area (Å²) in [6.07, 6.45) is 17.3. The molecule has 0 aromatic heterocycles. The summed E-state index contributed by atoms with van der Waals surface area (Å²) in [6, 6.07) is 0. The Morgan fingerprint density at radius 2 is 1.95 bits per heavy atom. The van der Waals surface area contributed by atoms with E-state index < -0.39 is 0 Å². The molecule has 1 heterocycles. The van der Waals surface area contributed by atoms with Gasteiger partial charge in [0.05, 0.1) is 12.7 Å². The molecule has 3 heteroatoms. The van der Waals surface area contributed by atoms with Crippen molar-refractivity contribution in [2.45, 2.75) is 78.1 Å². The smallest absolute Gasteiger partial charge is 0.193 e. The molecular formula is C17H33N2O+. The maximum atomic E-state index is 10.1. The van der Waals surface area contributed by atoms with Crippen LogP contribution in [-0.2, 0) is 0 Å². The average Bonchev–Trinajstić information content (AvgIpc) is 2.86. The highest BCUT2D eigenvalue weighted by Crippen LogP contribution is 2.25. The fourth-order valence-electron chi connectivity index (χ4n) is 3.07. The van der Waals surface area contributed by atoms with E-state index in [0.29, 0.717) is 10.6 Å². The number of rotatable bonds is 10. The van der Waals surface area contributed by atoms with Crippen molar-refractivity contribution in [2.24, 2.45) is 0 Å². The highest BCUT2D eigenvalue weighted by Gasteiger charge is 2.40. The third-order valence-corrected chi connectivity index (χ3v) is 4.47. The minimum atomic E-state index is -0.338. The molecule has 1 rings (SSSR count). The molecule has 0 aliphatic carbocycles. The quantitative estimate of drug-likeness (QED) is 0.362. The first-order chi connectivity index (χ1) is 9.67. The predicted octanol–water partition coefficient (Wildman–Crippen LogP) is 3.87. The van der Waals surface area contributed by atoms with Gasteiger partial charge >= 0.3 is 0 Å². The number of aliphatic hydroxyl groups is 1. The van der Waals surface area contributed by atoms with Gasteiger partial charge in [-0.15, -0.1) is 0 Å². The molecule has 3 atom stereocenters. The largest absolute Gasteiger partial charge is 0.345 e. The number of aliphatic hydroxyl groups excluding tert-OH is 1. The zero-order valence-electron chi connectivity index (χ0n) is 13.5. The standard InChI is InChI=1S/C17H33N2O/c1-4-6-7-8-9-10-11-12-13-17-18-14-15-19(17,5-2)16(3)20/h6-7,14-18,20H,4-5,8-13H2,1-3H3/q+1/b7-6+. The van der Waals surface area contributed by atoms with E-state index in [1.807, 2.05) is 13.1 Å². The summed E-state index contributed by atoms with van der Waals surface area (Å²) < 4.78 is 0.666. The first-order valence-electron chi connectivity index (χ1n) is 8.31. The van der Waals surface area contributed by atoms with E-state index in [1.54, 1.807) is 0 Å². The van der Waals surface area contributed by atoms with E-state index >= 15 is 0 Å².